The lowest BCUT2D eigenvalue weighted by Crippen LogP contribution is -2.29. The van der Waals surface area contributed by atoms with E-state index in [1.54, 1.807) is 6.08 Å². The highest BCUT2D eigenvalue weighted by molar-refractivity contribution is 5.60. The summed E-state index contributed by atoms with van der Waals surface area (Å²) in [5, 5.41) is 0. The molecule has 0 saturated carbocycles. The Morgan fingerprint density at radius 1 is 1.41 bits per heavy atom. The zero-order valence-electron chi connectivity index (χ0n) is 10.3. The second-order valence-corrected chi connectivity index (χ2v) is 4.06. The van der Waals surface area contributed by atoms with Crippen LogP contribution >= 0.6 is 0 Å². The molecule has 0 radical (unpaired) electrons. The number of ether oxygens (including phenoxy) is 2. The molecular formula is C14H18O3. The maximum Gasteiger partial charge on any atom is 0.508 e. The van der Waals surface area contributed by atoms with E-state index in [1.807, 2.05) is 37.3 Å². The van der Waals surface area contributed by atoms with Crippen LogP contribution in [0, 0.1) is 0 Å². The standard InChI is InChI=1S/C14H18O3/c1-4-14(2,17-13(15)16-3)11-10-12-8-6-5-7-9-12/h4-9H,1,10-11H2,2-3H3. The molecule has 0 spiro atoms. The first-order valence-electron chi connectivity index (χ1n) is 5.54. The van der Waals surface area contributed by atoms with Crippen molar-refractivity contribution < 1.29 is 14.3 Å². The lowest BCUT2D eigenvalue weighted by molar-refractivity contribution is 0.00503. The first kappa shape index (κ1) is 13.3. The Morgan fingerprint density at radius 3 is 2.59 bits per heavy atom. The van der Waals surface area contributed by atoms with Gasteiger partial charge in [0.05, 0.1) is 7.11 Å². The summed E-state index contributed by atoms with van der Waals surface area (Å²) in [6.07, 6.45) is 2.45. The fourth-order valence-corrected chi connectivity index (χ4v) is 1.46. The second-order valence-electron chi connectivity index (χ2n) is 4.06. The van der Waals surface area contributed by atoms with Crippen LogP contribution in [0.25, 0.3) is 0 Å². The normalized spacial score (nSPS) is 13.5. The molecule has 0 aliphatic heterocycles. The number of benzene rings is 1. The number of aryl methyl sites for hydroxylation is 1. The van der Waals surface area contributed by atoms with Crippen molar-refractivity contribution >= 4 is 6.16 Å². The van der Waals surface area contributed by atoms with Crippen LogP contribution in [0.3, 0.4) is 0 Å². The number of methoxy groups -OCH3 is 1. The van der Waals surface area contributed by atoms with Crippen molar-refractivity contribution in [1.82, 2.24) is 0 Å². The van der Waals surface area contributed by atoms with E-state index < -0.39 is 11.8 Å². The highest BCUT2D eigenvalue weighted by Gasteiger charge is 2.25. The Kier molecular flexibility index (Phi) is 4.76. The van der Waals surface area contributed by atoms with E-state index in [1.165, 1.54) is 12.7 Å². The molecule has 0 fully saturated rings. The predicted molar refractivity (Wildman–Crippen MR) is 66.9 cm³/mol. The van der Waals surface area contributed by atoms with Crippen molar-refractivity contribution in [3.05, 3.63) is 48.6 Å². The van der Waals surface area contributed by atoms with Crippen LogP contribution in [0.15, 0.2) is 43.0 Å². The van der Waals surface area contributed by atoms with Crippen LogP contribution in [-0.4, -0.2) is 18.9 Å². The molecule has 0 amide bonds. The van der Waals surface area contributed by atoms with E-state index in [-0.39, 0.29) is 0 Å². The van der Waals surface area contributed by atoms with Gasteiger partial charge in [-0.15, -0.1) is 0 Å². The molecule has 0 saturated heterocycles. The molecule has 1 atom stereocenters. The lowest BCUT2D eigenvalue weighted by Gasteiger charge is -2.25. The van der Waals surface area contributed by atoms with Crippen LogP contribution in [0.1, 0.15) is 18.9 Å². The third-order valence-corrected chi connectivity index (χ3v) is 2.67. The predicted octanol–water partition coefficient (Wildman–Crippen LogP) is 3.35. The summed E-state index contributed by atoms with van der Waals surface area (Å²) in [5.41, 5.74) is 0.511. The number of carbonyl (C=O) groups is 1. The van der Waals surface area contributed by atoms with E-state index >= 15 is 0 Å². The molecule has 0 N–H and O–H groups in total. The van der Waals surface area contributed by atoms with E-state index in [2.05, 4.69) is 11.3 Å². The van der Waals surface area contributed by atoms with Gasteiger partial charge in [0, 0.05) is 0 Å². The summed E-state index contributed by atoms with van der Waals surface area (Å²) in [7, 11) is 1.29. The largest absolute Gasteiger partial charge is 0.508 e. The Balaban J connectivity index is 2.57. The molecule has 0 heterocycles. The Morgan fingerprint density at radius 2 is 2.06 bits per heavy atom. The van der Waals surface area contributed by atoms with Gasteiger partial charge in [0.2, 0.25) is 0 Å². The van der Waals surface area contributed by atoms with Gasteiger partial charge in [-0.25, -0.2) is 4.79 Å². The van der Waals surface area contributed by atoms with Crippen LogP contribution in [0.4, 0.5) is 4.79 Å². The highest BCUT2D eigenvalue weighted by Crippen LogP contribution is 2.20. The molecular weight excluding hydrogens is 216 g/mol. The Hall–Kier alpha value is -1.77. The molecule has 0 bridgehead atoms. The monoisotopic (exact) mass is 234 g/mol. The van der Waals surface area contributed by atoms with Crippen LogP contribution < -0.4 is 0 Å². The van der Waals surface area contributed by atoms with Crippen molar-refractivity contribution in [3.63, 3.8) is 0 Å². The minimum absolute atomic E-state index is 0.676. The summed E-state index contributed by atoms with van der Waals surface area (Å²) < 4.78 is 9.67. The number of rotatable bonds is 5. The summed E-state index contributed by atoms with van der Waals surface area (Å²) in [6, 6.07) is 10.0. The van der Waals surface area contributed by atoms with Gasteiger partial charge >= 0.3 is 6.16 Å². The summed E-state index contributed by atoms with van der Waals surface area (Å²) in [4.78, 5) is 11.1. The Labute approximate surface area is 102 Å². The quantitative estimate of drug-likeness (QED) is 0.579. The molecule has 3 nitrogen and oxygen atoms in total. The van der Waals surface area contributed by atoms with Gasteiger partial charge < -0.3 is 9.47 Å². The maximum absolute atomic E-state index is 11.1. The number of carbonyl (C=O) groups excluding carboxylic acids is 1. The van der Waals surface area contributed by atoms with Gasteiger partial charge in [-0.05, 0) is 31.4 Å². The van der Waals surface area contributed by atoms with Gasteiger partial charge in [0.25, 0.3) is 0 Å². The van der Waals surface area contributed by atoms with Gasteiger partial charge in [-0.1, -0.05) is 36.9 Å². The molecule has 0 aliphatic rings. The van der Waals surface area contributed by atoms with Crippen molar-refractivity contribution in [2.75, 3.05) is 7.11 Å². The fraction of sp³-hybridized carbons (Fsp3) is 0.357. The molecule has 17 heavy (non-hydrogen) atoms. The zero-order valence-corrected chi connectivity index (χ0v) is 10.3. The first-order chi connectivity index (χ1) is 8.09. The minimum Gasteiger partial charge on any atom is -0.438 e. The molecule has 1 rings (SSSR count). The highest BCUT2D eigenvalue weighted by atomic mass is 16.7. The van der Waals surface area contributed by atoms with Gasteiger partial charge in [0.1, 0.15) is 5.60 Å². The second kappa shape index (κ2) is 6.09. The van der Waals surface area contributed by atoms with Crippen LogP contribution in [0.2, 0.25) is 0 Å². The summed E-state index contributed by atoms with van der Waals surface area (Å²) >= 11 is 0. The SMILES string of the molecule is C=CC(C)(CCc1ccccc1)OC(=O)OC. The van der Waals surface area contributed by atoms with E-state index in [0.29, 0.717) is 6.42 Å². The van der Waals surface area contributed by atoms with Crippen molar-refractivity contribution in [3.8, 4) is 0 Å². The third kappa shape index (κ3) is 4.31. The van der Waals surface area contributed by atoms with E-state index in [4.69, 9.17) is 4.74 Å². The fourth-order valence-electron chi connectivity index (χ4n) is 1.46. The van der Waals surface area contributed by atoms with E-state index in [9.17, 15) is 4.79 Å². The topological polar surface area (TPSA) is 35.5 Å². The van der Waals surface area contributed by atoms with Crippen LogP contribution in [0.5, 0.6) is 0 Å². The van der Waals surface area contributed by atoms with Crippen molar-refractivity contribution in [2.45, 2.75) is 25.4 Å². The average molecular weight is 234 g/mol. The molecule has 0 aromatic heterocycles. The molecule has 3 heteroatoms. The first-order valence-corrected chi connectivity index (χ1v) is 5.54. The van der Waals surface area contributed by atoms with Gasteiger partial charge in [-0.2, -0.15) is 0 Å². The molecule has 92 valence electrons. The van der Waals surface area contributed by atoms with Crippen molar-refractivity contribution in [1.29, 1.82) is 0 Å². The summed E-state index contributed by atoms with van der Waals surface area (Å²) in [6.45, 7) is 5.52. The number of hydrogen-bond acceptors (Lipinski definition) is 3. The smallest absolute Gasteiger partial charge is 0.438 e. The zero-order chi connectivity index (χ0) is 12.7. The third-order valence-electron chi connectivity index (χ3n) is 2.67. The average Bonchev–Trinajstić information content (AvgIpc) is 2.37. The number of hydrogen-bond donors (Lipinski definition) is 0. The van der Waals surface area contributed by atoms with E-state index in [0.717, 1.165) is 6.42 Å². The lowest BCUT2D eigenvalue weighted by atomic mass is 9.97. The molecule has 1 aromatic carbocycles. The van der Waals surface area contributed by atoms with Gasteiger partial charge in [0.15, 0.2) is 0 Å². The minimum atomic E-state index is -0.692. The van der Waals surface area contributed by atoms with Crippen LogP contribution in [-0.2, 0) is 15.9 Å². The van der Waals surface area contributed by atoms with Crippen molar-refractivity contribution in [2.24, 2.45) is 0 Å². The van der Waals surface area contributed by atoms with Gasteiger partial charge in [-0.3, -0.25) is 0 Å². The molecule has 1 aromatic rings. The maximum atomic E-state index is 11.1. The summed E-state index contributed by atoms with van der Waals surface area (Å²) in [5.74, 6) is 0. The molecule has 1 unspecified atom stereocenters. The Bertz CT molecular complexity index is 372. The molecule has 0 aliphatic carbocycles.